The number of carbonyl (C=O) groups is 1. The molecule has 4 N–H and O–H groups in total. The summed E-state index contributed by atoms with van der Waals surface area (Å²) in [5, 5.41) is 11.9. The van der Waals surface area contributed by atoms with Gasteiger partial charge in [0.15, 0.2) is 0 Å². The summed E-state index contributed by atoms with van der Waals surface area (Å²) in [5.74, 6) is -0.0892. The van der Waals surface area contributed by atoms with Crippen molar-refractivity contribution in [1.29, 1.82) is 0 Å². The molecule has 5 nitrogen and oxygen atoms in total. The maximum atomic E-state index is 11.7. The van der Waals surface area contributed by atoms with Crippen LogP contribution in [-0.4, -0.2) is 42.2 Å². The predicted octanol–water partition coefficient (Wildman–Crippen LogP) is 0.910. The van der Waals surface area contributed by atoms with E-state index in [9.17, 15) is 4.79 Å². The molecule has 0 saturated heterocycles. The quantitative estimate of drug-likeness (QED) is 0.657. The normalized spacial score (nSPS) is 12.4. The van der Waals surface area contributed by atoms with Crippen LogP contribution in [0.4, 0.5) is 11.4 Å². The molecule has 100 valence electrons. The van der Waals surface area contributed by atoms with Gasteiger partial charge in [0.1, 0.15) is 0 Å². The van der Waals surface area contributed by atoms with E-state index in [4.69, 9.17) is 10.8 Å². The molecular weight excluding hydrogens is 230 g/mol. The molecule has 1 unspecified atom stereocenters. The molecule has 0 radical (unpaired) electrons. The minimum Gasteiger partial charge on any atom is -0.399 e. The highest BCUT2D eigenvalue weighted by molar-refractivity contribution is 5.92. The fourth-order valence-corrected chi connectivity index (χ4v) is 1.55. The number of aliphatic hydroxyl groups is 1. The molecule has 0 heterocycles. The van der Waals surface area contributed by atoms with E-state index in [1.807, 2.05) is 11.9 Å². The lowest BCUT2D eigenvalue weighted by Crippen LogP contribution is -2.32. The Hall–Kier alpha value is -1.59. The number of anilines is 2. The van der Waals surface area contributed by atoms with Crippen molar-refractivity contribution in [2.24, 2.45) is 0 Å². The van der Waals surface area contributed by atoms with Crippen LogP contribution in [0.3, 0.4) is 0 Å². The Morgan fingerprint density at radius 1 is 1.56 bits per heavy atom. The van der Waals surface area contributed by atoms with E-state index in [0.29, 0.717) is 30.9 Å². The number of rotatable bonds is 6. The SMILES string of the molecule is CC(O)CCN(C)CC(=O)Nc1cccc(N)c1. The second-order valence-electron chi connectivity index (χ2n) is 4.55. The summed E-state index contributed by atoms with van der Waals surface area (Å²) < 4.78 is 0. The molecule has 0 aliphatic carbocycles. The van der Waals surface area contributed by atoms with Gasteiger partial charge >= 0.3 is 0 Å². The lowest BCUT2D eigenvalue weighted by Gasteiger charge is -2.17. The molecule has 1 aromatic rings. The zero-order valence-electron chi connectivity index (χ0n) is 10.9. The monoisotopic (exact) mass is 251 g/mol. The fourth-order valence-electron chi connectivity index (χ4n) is 1.55. The van der Waals surface area contributed by atoms with Gasteiger partial charge in [0, 0.05) is 17.9 Å². The van der Waals surface area contributed by atoms with Crippen LogP contribution in [0, 0.1) is 0 Å². The van der Waals surface area contributed by atoms with Gasteiger partial charge in [0.2, 0.25) is 5.91 Å². The number of amides is 1. The number of nitrogens with two attached hydrogens (primary N) is 1. The topological polar surface area (TPSA) is 78.6 Å². The van der Waals surface area contributed by atoms with Gasteiger partial charge in [-0.2, -0.15) is 0 Å². The second-order valence-corrected chi connectivity index (χ2v) is 4.55. The Morgan fingerprint density at radius 3 is 2.89 bits per heavy atom. The van der Waals surface area contributed by atoms with E-state index in [1.54, 1.807) is 31.2 Å². The largest absolute Gasteiger partial charge is 0.399 e. The van der Waals surface area contributed by atoms with Crippen LogP contribution in [0.15, 0.2) is 24.3 Å². The van der Waals surface area contributed by atoms with Crippen LogP contribution < -0.4 is 11.1 Å². The maximum absolute atomic E-state index is 11.7. The molecule has 0 aliphatic rings. The molecule has 0 saturated carbocycles. The summed E-state index contributed by atoms with van der Waals surface area (Å²) in [7, 11) is 1.85. The standard InChI is InChI=1S/C13H21N3O2/c1-10(17)6-7-16(2)9-13(18)15-12-5-3-4-11(14)8-12/h3-5,8,10,17H,6-7,9,14H2,1-2H3,(H,15,18). The average Bonchev–Trinajstić information content (AvgIpc) is 2.26. The molecule has 0 aromatic heterocycles. The zero-order valence-corrected chi connectivity index (χ0v) is 10.9. The zero-order chi connectivity index (χ0) is 13.5. The summed E-state index contributed by atoms with van der Waals surface area (Å²) in [6.45, 7) is 2.71. The highest BCUT2D eigenvalue weighted by atomic mass is 16.3. The molecule has 1 amide bonds. The Labute approximate surface area is 108 Å². The van der Waals surface area contributed by atoms with Crippen molar-refractivity contribution in [3.05, 3.63) is 24.3 Å². The first-order valence-electron chi connectivity index (χ1n) is 5.99. The number of nitrogen functional groups attached to an aromatic ring is 1. The summed E-state index contributed by atoms with van der Waals surface area (Å²) >= 11 is 0. The van der Waals surface area contributed by atoms with Crippen LogP contribution in [0.5, 0.6) is 0 Å². The van der Waals surface area contributed by atoms with Crippen molar-refractivity contribution in [3.63, 3.8) is 0 Å². The van der Waals surface area contributed by atoms with Gasteiger partial charge in [-0.3, -0.25) is 9.69 Å². The average molecular weight is 251 g/mol. The van der Waals surface area contributed by atoms with Crippen LogP contribution in [0.1, 0.15) is 13.3 Å². The highest BCUT2D eigenvalue weighted by Crippen LogP contribution is 2.11. The Balaban J connectivity index is 2.37. The van der Waals surface area contributed by atoms with Crippen molar-refractivity contribution < 1.29 is 9.90 Å². The third kappa shape index (κ3) is 5.65. The van der Waals surface area contributed by atoms with Crippen molar-refractivity contribution in [2.75, 3.05) is 31.2 Å². The Kier molecular flexibility index (Phi) is 5.61. The van der Waals surface area contributed by atoms with Gasteiger partial charge in [-0.25, -0.2) is 0 Å². The third-order valence-electron chi connectivity index (χ3n) is 2.51. The van der Waals surface area contributed by atoms with Crippen molar-refractivity contribution in [1.82, 2.24) is 4.90 Å². The van der Waals surface area contributed by atoms with E-state index in [-0.39, 0.29) is 12.0 Å². The van der Waals surface area contributed by atoms with Gasteiger partial charge in [-0.05, 0) is 38.6 Å². The smallest absolute Gasteiger partial charge is 0.238 e. The number of likely N-dealkylation sites (N-methyl/N-ethyl adjacent to an activating group) is 1. The van der Waals surface area contributed by atoms with E-state index in [2.05, 4.69) is 5.32 Å². The number of nitrogens with zero attached hydrogens (tertiary/aromatic N) is 1. The molecule has 0 aliphatic heterocycles. The Morgan fingerprint density at radius 2 is 2.28 bits per heavy atom. The number of aliphatic hydroxyl groups excluding tert-OH is 1. The van der Waals surface area contributed by atoms with E-state index in [1.165, 1.54) is 0 Å². The molecule has 1 atom stereocenters. The summed E-state index contributed by atoms with van der Waals surface area (Å²) in [5.41, 5.74) is 6.95. The van der Waals surface area contributed by atoms with Gasteiger partial charge in [-0.1, -0.05) is 6.07 Å². The van der Waals surface area contributed by atoms with E-state index >= 15 is 0 Å². The van der Waals surface area contributed by atoms with Crippen molar-refractivity contribution >= 4 is 17.3 Å². The number of benzene rings is 1. The van der Waals surface area contributed by atoms with Crippen LogP contribution in [0.25, 0.3) is 0 Å². The number of nitrogens with one attached hydrogen (secondary N) is 1. The van der Waals surface area contributed by atoms with Crippen LogP contribution >= 0.6 is 0 Å². The lowest BCUT2D eigenvalue weighted by atomic mass is 10.2. The first-order valence-corrected chi connectivity index (χ1v) is 5.99. The molecular formula is C13H21N3O2. The summed E-state index contributed by atoms with van der Waals surface area (Å²) in [6.07, 6.45) is 0.312. The minimum atomic E-state index is -0.343. The summed E-state index contributed by atoms with van der Waals surface area (Å²) in [6, 6.07) is 7.07. The predicted molar refractivity (Wildman–Crippen MR) is 73.3 cm³/mol. The van der Waals surface area contributed by atoms with Gasteiger partial charge in [0.05, 0.1) is 12.6 Å². The highest BCUT2D eigenvalue weighted by Gasteiger charge is 2.07. The van der Waals surface area contributed by atoms with Crippen molar-refractivity contribution in [2.45, 2.75) is 19.4 Å². The fraction of sp³-hybridized carbons (Fsp3) is 0.462. The molecule has 0 fully saturated rings. The number of carbonyl (C=O) groups excluding carboxylic acids is 1. The molecule has 0 bridgehead atoms. The first-order chi connectivity index (χ1) is 8.47. The van der Waals surface area contributed by atoms with Crippen LogP contribution in [-0.2, 0) is 4.79 Å². The van der Waals surface area contributed by atoms with Gasteiger partial charge < -0.3 is 16.2 Å². The third-order valence-corrected chi connectivity index (χ3v) is 2.51. The second kappa shape index (κ2) is 6.98. The molecule has 1 rings (SSSR count). The lowest BCUT2D eigenvalue weighted by molar-refractivity contribution is -0.117. The molecule has 0 spiro atoms. The van der Waals surface area contributed by atoms with Gasteiger partial charge in [-0.15, -0.1) is 0 Å². The molecule has 5 heteroatoms. The number of hydrogen-bond donors (Lipinski definition) is 3. The molecule has 18 heavy (non-hydrogen) atoms. The Bertz CT molecular complexity index is 394. The summed E-state index contributed by atoms with van der Waals surface area (Å²) in [4.78, 5) is 13.6. The first kappa shape index (κ1) is 14.5. The van der Waals surface area contributed by atoms with Crippen molar-refractivity contribution in [3.8, 4) is 0 Å². The van der Waals surface area contributed by atoms with Gasteiger partial charge in [0.25, 0.3) is 0 Å². The number of hydrogen-bond acceptors (Lipinski definition) is 4. The minimum absolute atomic E-state index is 0.0892. The molecule has 1 aromatic carbocycles. The maximum Gasteiger partial charge on any atom is 0.238 e. The van der Waals surface area contributed by atoms with E-state index < -0.39 is 0 Å². The van der Waals surface area contributed by atoms with E-state index in [0.717, 1.165) is 0 Å². The van der Waals surface area contributed by atoms with Crippen LogP contribution in [0.2, 0.25) is 0 Å².